The van der Waals surface area contributed by atoms with Crippen LogP contribution in [0.4, 0.5) is 0 Å². The molecule has 0 saturated carbocycles. The van der Waals surface area contributed by atoms with Crippen molar-refractivity contribution in [3.05, 3.63) is 0 Å². The Morgan fingerprint density at radius 2 is 1.00 bits per heavy atom. The first-order valence-corrected chi connectivity index (χ1v) is 0. The first-order chi connectivity index (χ1) is 0. The first kappa shape index (κ1) is 35.4. The maximum absolute atomic E-state index is 0. The molecule has 4 heavy (non-hydrogen) atoms. The van der Waals surface area contributed by atoms with Gasteiger partial charge >= 0.3 is 48.4 Å². The molecule has 0 radical (unpaired) electrons. The topological polar surface area (TPSA) is 0 Å². The summed E-state index contributed by atoms with van der Waals surface area (Å²) in [7, 11) is 0. The second-order valence-corrected chi connectivity index (χ2v) is 0. The largest absolute Gasteiger partial charge is 1.00 e. The van der Waals surface area contributed by atoms with Gasteiger partial charge in [0.25, 0.3) is 0 Å². The van der Waals surface area contributed by atoms with Crippen LogP contribution in [0.1, 0.15) is 0 Å². The molecule has 0 aromatic heterocycles. The molecule has 0 aliphatic rings. The molecule has 0 heterocycles. The zero-order valence-electron chi connectivity index (χ0n) is 2.38. The van der Waals surface area contributed by atoms with Gasteiger partial charge < -0.3 is 17.0 Å². The van der Waals surface area contributed by atoms with Crippen LogP contribution >= 0.6 is 0 Å². The van der Waals surface area contributed by atoms with Gasteiger partial charge in [-0.05, 0) is 0 Å². The summed E-state index contributed by atoms with van der Waals surface area (Å²) >= 11 is 0. The van der Waals surface area contributed by atoms with E-state index in [1.807, 2.05) is 0 Å². The van der Waals surface area contributed by atoms with Gasteiger partial charge in [0.05, 0.1) is 0 Å². The van der Waals surface area contributed by atoms with E-state index in [0.717, 1.165) is 0 Å². The van der Waals surface area contributed by atoms with Crippen LogP contribution < -0.4 is 65.4 Å². The monoisotopic (exact) mass is 124 g/mol. The van der Waals surface area contributed by atoms with Crippen molar-refractivity contribution in [1.82, 2.24) is 0 Å². The van der Waals surface area contributed by atoms with Crippen LogP contribution in [0.25, 0.3) is 0 Å². The molecule has 0 N–H and O–H groups in total. The Balaban J connectivity index is 0. The van der Waals surface area contributed by atoms with Gasteiger partial charge in [-0.2, -0.15) is 0 Å². The molecule has 0 fully saturated rings. The van der Waals surface area contributed by atoms with Crippen LogP contribution in [0, 0.1) is 0 Å². The van der Waals surface area contributed by atoms with Crippen molar-refractivity contribution in [2.75, 3.05) is 0 Å². The van der Waals surface area contributed by atoms with Crippen LogP contribution in [0.2, 0.25) is 0 Å². The molecule has 0 unspecified atom stereocenters. The standard InChI is InChI=1S/BH4.BrH.Li.Na/h1H4;1H;;/q-1;;2*+1/p-1. The average Bonchev–Trinajstić information content (AvgIpc) is 0. The van der Waals surface area contributed by atoms with E-state index in [1.165, 1.54) is 0 Å². The second kappa shape index (κ2) is 19.2. The van der Waals surface area contributed by atoms with E-state index in [4.69, 9.17) is 0 Å². The van der Waals surface area contributed by atoms with Crippen molar-refractivity contribution in [3.8, 4) is 0 Å². The van der Waals surface area contributed by atoms with Gasteiger partial charge in [0, 0.05) is 0 Å². The molecular formula is H4BBrLiNa. The number of hydrogen-bond donors (Lipinski definition) is 0. The predicted octanol–water partition coefficient (Wildman–Crippen LogP) is -10.4. The average molecular weight is 125 g/mol. The van der Waals surface area contributed by atoms with E-state index in [0.29, 0.717) is 0 Å². The fraction of sp³-hybridized carbons (Fsp3) is 0. The van der Waals surface area contributed by atoms with Crippen LogP contribution in [-0.4, -0.2) is 8.41 Å². The van der Waals surface area contributed by atoms with Crippen molar-refractivity contribution in [1.29, 1.82) is 0 Å². The molecule has 0 aliphatic carbocycles. The molecule has 4 heteroatoms. The Morgan fingerprint density at radius 1 is 1.00 bits per heavy atom. The molecule has 0 spiro atoms. The SMILES string of the molecule is [BH4-].[Br-].[Li+].[Na+]. The maximum Gasteiger partial charge on any atom is 1.00 e. The molecule has 0 aromatic rings. The Kier molecular flexibility index (Phi) is 170. The van der Waals surface area contributed by atoms with E-state index in [9.17, 15) is 0 Å². The minimum absolute atomic E-state index is 0. The fourth-order valence-corrected chi connectivity index (χ4v) is 0. The summed E-state index contributed by atoms with van der Waals surface area (Å²) in [6, 6.07) is 0. The molecule has 16 valence electrons. The molecule has 0 nitrogen and oxygen atoms in total. The van der Waals surface area contributed by atoms with Crippen molar-refractivity contribution in [2.24, 2.45) is 0 Å². The van der Waals surface area contributed by atoms with E-state index in [1.54, 1.807) is 0 Å². The van der Waals surface area contributed by atoms with Gasteiger partial charge in [-0.3, -0.25) is 0 Å². The smallest absolute Gasteiger partial charge is 1.00 e. The van der Waals surface area contributed by atoms with Crippen molar-refractivity contribution in [3.63, 3.8) is 0 Å². The quantitative estimate of drug-likeness (QED) is 0.282. The number of hydrogen-bond acceptors (Lipinski definition) is 0. The molecular weight excluding hydrogens is 121 g/mol. The summed E-state index contributed by atoms with van der Waals surface area (Å²) in [5.41, 5.74) is 0. The fourth-order valence-electron chi connectivity index (χ4n) is 0. The Bertz CT molecular complexity index is 8.00. The molecule has 0 bridgehead atoms. The minimum atomic E-state index is 0. The van der Waals surface area contributed by atoms with E-state index in [-0.39, 0.29) is 73.8 Å². The normalized spacial score (nSPS) is 0. The van der Waals surface area contributed by atoms with Gasteiger partial charge in [0.2, 0.25) is 0 Å². The third-order valence-corrected chi connectivity index (χ3v) is 0. The van der Waals surface area contributed by atoms with Gasteiger partial charge in [-0.15, -0.1) is 0 Å². The van der Waals surface area contributed by atoms with Crippen LogP contribution in [0.5, 0.6) is 0 Å². The van der Waals surface area contributed by atoms with Crippen LogP contribution in [0.3, 0.4) is 0 Å². The summed E-state index contributed by atoms with van der Waals surface area (Å²) in [6.07, 6.45) is 0. The molecule has 0 aromatic carbocycles. The molecule has 0 aliphatic heterocycles. The zero-order chi connectivity index (χ0) is 0. The van der Waals surface area contributed by atoms with Gasteiger partial charge in [0.1, 0.15) is 0 Å². The molecule has 0 rings (SSSR count). The number of halogens is 1. The van der Waals surface area contributed by atoms with Crippen molar-refractivity contribution in [2.45, 2.75) is 0 Å². The maximum atomic E-state index is 0. The Morgan fingerprint density at radius 3 is 1.00 bits per heavy atom. The summed E-state index contributed by atoms with van der Waals surface area (Å²) in [5, 5.41) is 0. The summed E-state index contributed by atoms with van der Waals surface area (Å²) in [5.74, 6) is 0. The predicted molar refractivity (Wildman–Crippen MR) is 11.3 cm³/mol. The third-order valence-electron chi connectivity index (χ3n) is 0. The summed E-state index contributed by atoms with van der Waals surface area (Å²) in [4.78, 5) is 0. The Labute approximate surface area is 72.9 Å². The van der Waals surface area contributed by atoms with Crippen molar-refractivity contribution >= 4 is 8.41 Å². The van der Waals surface area contributed by atoms with Gasteiger partial charge in [-0.1, -0.05) is 8.41 Å². The van der Waals surface area contributed by atoms with Crippen LogP contribution in [-0.2, 0) is 0 Å². The molecule has 0 atom stereocenters. The molecule has 0 amide bonds. The van der Waals surface area contributed by atoms with E-state index < -0.39 is 0 Å². The zero-order valence-corrected chi connectivity index (χ0v) is 5.96. The summed E-state index contributed by atoms with van der Waals surface area (Å²) < 4.78 is 0. The Hall–Kier alpha value is 2.14. The van der Waals surface area contributed by atoms with Gasteiger partial charge in [-0.25, -0.2) is 0 Å². The second-order valence-electron chi connectivity index (χ2n) is 0. The molecule has 0 saturated heterocycles. The van der Waals surface area contributed by atoms with Crippen LogP contribution in [0.15, 0.2) is 0 Å². The minimum Gasteiger partial charge on any atom is -1.00 e. The summed E-state index contributed by atoms with van der Waals surface area (Å²) in [6.45, 7) is 0. The van der Waals surface area contributed by atoms with Gasteiger partial charge in [0.15, 0.2) is 0 Å². The third kappa shape index (κ3) is 8.91. The van der Waals surface area contributed by atoms with E-state index >= 15 is 0 Å². The number of rotatable bonds is 0. The van der Waals surface area contributed by atoms with Crippen molar-refractivity contribution < 1.29 is 65.4 Å². The first-order valence-electron chi connectivity index (χ1n) is 0. The van der Waals surface area contributed by atoms with E-state index in [2.05, 4.69) is 0 Å².